The Bertz CT molecular complexity index is 337. The summed E-state index contributed by atoms with van der Waals surface area (Å²) in [5.41, 5.74) is 0. The fourth-order valence-electron chi connectivity index (χ4n) is 0.728. The zero-order valence-corrected chi connectivity index (χ0v) is 6.35. The highest BCUT2D eigenvalue weighted by Crippen LogP contribution is 2.23. The minimum absolute atomic E-state index is 0.319. The van der Waals surface area contributed by atoms with Gasteiger partial charge in [-0.05, 0) is 6.07 Å². The van der Waals surface area contributed by atoms with Crippen molar-refractivity contribution in [2.24, 2.45) is 0 Å². The Kier molecular flexibility index (Phi) is 2.10. The largest absolute Gasteiger partial charge is 0.433 e. The molecule has 0 amide bonds. The van der Waals surface area contributed by atoms with Crippen molar-refractivity contribution in [1.82, 2.24) is 0 Å². The maximum atomic E-state index is 10.2. The van der Waals surface area contributed by atoms with E-state index in [4.69, 9.17) is 11.0 Å². The van der Waals surface area contributed by atoms with Crippen LogP contribution in [-0.4, -0.2) is 4.92 Å². The van der Waals surface area contributed by atoms with E-state index >= 15 is 0 Å². The summed E-state index contributed by atoms with van der Waals surface area (Å²) in [5, 5.41) is 10.2. The van der Waals surface area contributed by atoms with Crippen LogP contribution in [-0.2, 0) is 0 Å². The second kappa shape index (κ2) is 3.05. The Morgan fingerprint density at radius 3 is 2.83 bits per heavy atom. The molecule has 0 aliphatic heterocycles. The van der Waals surface area contributed by atoms with Gasteiger partial charge >= 0.3 is 5.88 Å². The SMILES string of the molecule is [C-]#[N+]C(C)c1ccc([N+](=O)[O-])o1. The predicted molar refractivity (Wildman–Crippen MR) is 40.4 cm³/mol. The van der Waals surface area contributed by atoms with Crippen molar-refractivity contribution in [3.8, 4) is 0 Å². The molecule has 0 N–H and O–H groups in total. The summed E-state index contributed by atoms with van der Waals surface area (Å²) in [7, 11) is 0. The molecule has 0 saturated heterocycles. The Hall–Kier alpha value is -1.83. The molecule has 5 nitrogen and oxygen atoms in total. The average Bonchev–Trinajstić information content (AvgIpc) is 2.51. The molecule has 5 heteroatoms. The third-order valence-corrected chi connectivity index (χ3v) is 1.40. The van der Waals surface area contributed by atoms with Crippen molar-refractivity contribution in [3.63, 3.8) is 0 Å². The maximum Gasteiger partial charge on any atom is 0.433 e. The molecule has 62 valence electrons. The number of nitrogens with zero attached hydrogens (tertiary/aromatic N) is 2. The molecule has 12 heavy (non-hydrogen) atoms. The van der Waals surface area contributed by atoms with Crippen LogP contribution in [0.4, 0.5) is 5.88 Å². The lowest BCUT2D eigenvalue weighted by molar-refractivity contribution is -0.402. The van der Waals surface area contributed by atoms with Gasteiger partial charge in [-0.1, -0.05) is 0 Å². The van der Waals surface area contributed by atoms with Crippen LogP contribution in [0.1, 0.15) is 18.7 Å². The van der Waals surface area contributed by atoms with Gasteiger partial charge in [0.25, 0.3) is 6.04 Å². The van der Waals surface area contributed by atoms with Crippen molar-refractivity contribution in [2.45, 2.75) is 13.0 Å². The summed E-state index contributed by atoms with van der Waals surface area (Å²) in [6.07, 6.45) is 0. The molecule has 0 aliphatic rings. The van der Waals surface area contributed by atoms with Crippen LogP contribution in [0.15, 0.2) is 16.5 Å². The van der Waals surface area contributed by atoms with Gasteiger partial charge in [0.2, 0.25) is 0 Å². The molecule has 0 saturated carbocycles. The first-order chi connectivity index (χ1) is 5.65. The van der Waals surface area contributed by atoms with E-state index in [1.165, 1.54) is 12.1 Å². The molecule has 0 fully saturated rings. The molecule has 0 bridgehead atoms. The highest BCUT2D eigenvalue weighted by atomic mass is 16.6. The zero-order chi connectivity index (χ0) is 9.14. The van der Waals surface area contributed by atoms with Crippen LogP contribution in [0.3, 0.4) is 0 Å². The monoisotopic (exact) mass is 166 g/mol. The topological polar surface area (TPSA) is 60.6 Å². The number of hydrogen-bond donors (Lipinski definition) is 0. The second-order valence-electron chi connectivity index (χ2n) is 2.24. The molecule has 0 aromatic carbocycles. The van der Waals surface area contributed by atoms with E-state index in [2.05, 4.69) is 4.85 Å². The molecule has 1 rings (SSSR count). The van der Waals surface area contributed by atoms with Crippen LogP contribution in [0, 0.1) is 16.7 Å². The minimum atomic E-state index is -0.625. The fourth-order valence-corrected chi connectivity index (χ4v) is 0.728. The average molecular weight is 166 g/mol. The van der Waals surface area contributed by atoms with Crippen LogP contribution < -0.4 is 0 Å². The summed E-state index contributed by atoms with van der Waals surface area (Å²) < 4.78 is 4.78. The first kappa shape index (κ1) is 8.27. The van der Waals surface area contributed by atoms with Gasteiger partial charge in [-0.25, -0.2) is 6.57 Å². The standard InChI is InChI=1S/C7H6N2O3/c1-5(8-2)6-3-4-7(12-6)9(10)11/h3-5H,1H3. The molecule has 1 heterocycles. The van der Waals surface area contributed by atoms with Crippen molar-refractivity contribution in [1.29, 1.82) is 0 Å². The number of rotatable bonds is 2. The van der Waals surface area contributed by atoms with Gasteiger partial charge in [0.05, 0.1) is 6.07 Å². The van der Waals surface area contributed by atoms with Crippen LogP contribution in [0.25, 0.3) is 4.85 Å². The molecule has 1 unspecified atom stereocenters. The molecule has 0 aliphatic carbocycles. The third kappa shape index (κ3) is 1.42. The van der Waals surface area contributed by atoms with E-state index in [1.54, 1.807) is 6.92 Å². The minimum Gasteiger partial charge on any atom is -0.397 e. The summed E-state index contributed by atoms with van der Waals surface area (Å²) in [6, 6.07) is 2.23. The molecule has 0 spiro atoms. The molecular weight excluding hydrogens is 160 g/mol. The Morgan fingerprint density at radius 2 is 2.42 bits per heavy atom. The lowest BCUT2D eigenvalue weighted by atomic mass is 10.3. The summed E-state index contributed by atoms with van der Waals surface area (Å²) >= 11 is 0. The molecule has 0 radical (unpaired) electrons. The quantitative estimate of drug-likeness (QED) is 0.384. The van der Waals surface area contributed by atoms with Crippen LogP contribution in [0.2, 0.25) is 0 Å². The highest BCUT2D eigenvalue weighted by molar-refractivity contribution is 5.20. The fraction of sp³-hybridized carbons (Fsp3) is 0.286. The van der Waals surface area contributed by atoms with Gasteiger partial charge in [0.1, 0.15) is 4.92 Å². The van der Waals surface area contributed by atoms with E-state index in [1.807, 2.05) is 0 Å². The van der Waals surface area contributed by atoms with Crippen molar-refractivity contribution in [3.05, 3.63) is 39.4 Å². The van der Waals surface area contributed by atoms with Gasteiger partial charge < -0.3 is 9.26 Å². The van der Waals surface area contributed by atoms with Gasteiger partial charge in [-0.3, -0.25) is 10.1 Å². The summed E-state index contributed by atoms with van der Waals surface area (Å²) in [5.74, 6) is 0.0113. The number of nitro groups is 1. The van der Waals surface area contributed by atoms with Gasteiger partial charge in [-0.15, -0.1) is 0 Å². The van der Waals surface area contributed by atoms with Crippen molar-refractivity contribution >= 4 is 5.88 Å². The van der Waals surface area contributed by atoms with E-state index < -0.39 is 11.0 Å². The van der Waals surface area contributed by atoms with Gasteiger partial charge in [0, 0.05) is 6.92 Å². The van der Waals surface area contributed by atoms with Crippen molar-refractivity contribution < 1.29 is 9.34 Å². The molecule has 1 atom stereocenters. The van der Waals surface area contributed by atoms with E-state index in [9.17, 15) is 10.1 Å². The zero-order valence-electron chi connectivity index (χ0n) is 6.35. The van der Waals surface area contributed by atoms with E-state index in [-0.39, 0.29) is 5.88 Å². The Labute approximate surface area is 68.6 Å². The predicted octanol–water partition coefficient (Wildman–Crippen LogP) is 2.17. The molecule has 1 aromatic heterocycles. The maximum absolute atomic E-state index is 10.2. The normalized spacial score (nSPS) is 12.0. The molecular formula is C7H6N2O3. The Balaban J connectivity index is 2.93. The summed E-state index contributed by atoms with van der Waals surface area (Å²) in [4.78, 5) is 12.7. The van der Waals surface area contributed by atoms with E-state index in [0.29, 0.717) is 5.76 Å². The van der Waals surface area contributed by atoms with Gasteiger partial charge in [0.15, 0.2) is 5.76 Å². The van der Waals surface area contributed by atoms with Crippen LogP contribution in [0.5, 0.6) is 0 Å². The number of furan rings is 1. The van der Waals surface area contributed by atoms with E-state index in [0.717, 1.165) is 0 Å². The van der Waals surface area contributed by atoms with Crippen molar-refractivity contribution in [2.75, 3.05) is 0 Å². The highest BCUT2D eigenvalue weighted by Gasteiger charge is 2.18. The third-order valence-electron chi connectivity index (χ3n) is 1.40. The first-order valence-electron chi connectivity index (χ1n) is 3.26. The second-order valence-corrected chi connectivity index (χ2v) is 2.24. The number of hydrogen-bond acceptors (Lipinski definition) is 3. The molecule has 1 aromatic rings. The lowest BCUT2D eigenvalue weighted by Crippen LogP contribution is -1.84. The first-order valence-corrected chi connectivity index (χ1v) is 3.26. The lowest BCUT2D eigenvalue weighted by Gasteiger charge is -1.89. The smallest absolute Gasteiger partial charge is 0.397 e. The Morgan fingerprint density at radius 1 is 1.75 bits per heavy atom. The van der Waals surface area contributed by atoms with Crippen LogP contribution >= 0.6 is 0 Å². The summed E-state index contributed by atoms with van der Waals surface area (Å²) in [6.45, 7) is 8.28. The van der Waals surface area contributed by atoms with Gasteiger partial charge in [-0.2, -0.15) is 0 Å².